The Morgan fingerprint density at radius 1 is 1.12 bits per heavy atom. The van der Waals surface area contributed by atoms with Crippen molar-refractivity contribution in [3.05, 3.63) is 45.8 Å². The lowest BCUT2D eigenvalue weighted by molar-refractivity contribution is 0.0772. The Hall–Kier alpha value is -2.27. The highest BCUT2D eigenvalue weighted by Crippen LogP contribution is 2.38. The van der Waals surface area contributed by atoms with Crippen molar-refractivity contribution in [3.8, 4) is 0 Å². The predicted molar refractivity (Wildman–Crippen MR) is 136 cm³/mol. The Morgan fingerprint density at radius 3 is 2.26 bits per heavy atom. The van der Waals surface area contributed by atoms with Crippen LogP contribution in [0.25, 0.3) is 0 Å². The number of rotatable bonds is 8. The van der Waals surface area contributed by atoms with Gasteiger partial charge in [0.2, 0.25) is 10.0 Å². The number of fused-ring (bicyclic) bond motifs is 1. The van der Waals surface area contributed by atoms with Gasteiger partial charge in [0.15, 0.2) is 0 Å². The summed E-state index contributed by atoms with van der Waals surface area (Å²) < 4.78 is 25.8. The molecule has 0 aliphatic carbocycles. The number of carbonyl (C=O) groups is 2. The zero-order valence-electron chi connectivity index (χ0n) is 20.7. The summed E-state index contributed by atoms with van der Waals surface area (Å²) in [6.07, 6.45) is 0.763. The molecule has 2 amide bonds. The molecule has 1 aromatic heterocycles. The van der Waals surface area contributed by atoms with Gasteiger partial charge in [-0.1, -0.05) is 0 Å². The quantitative estimate of drug-likeness (QED) is 0.592. The standard InChI is InChI=1S/C24H34N4O4S2/c1-7-27(8-2)24(30)21-19-13-14-28(16(3)4)15-20(19)33-23(21)25-22(29)17-9-11-18(12-10-17)34(31,32)26(5)6/h9-12,16H,7-8,13-15H2,1-6H3,(H,25,29). The van der Waals surface area contributed by atoms with Crippen LogP contribution in [0.5, 0.6) is 0 Å². The Balaban J connectivity index is 1.94. The number of amides is 2. The minimum absolute atomic E-state index is 0.0665. The molecule has 3 rings (SSSR count). The maximum absolute atomic E-state index is 13.4. The molecule has 1 aliphatic heterocycles. The predicted octanol–water partition coefficient (Wildman–Crippen LogP) is 3.50. The molecule has 0 radical (unpaired) electrons. The van der Waals surface area contributed by atoms with Crippen molar-refractivity contribution in [2.45, 2.75) is 51.6 Å². The first-order valence-electron chi connectivity index (χ1n) is 11.5. The van der Waals surface area contributed by atoms with E-state index >= 15 is 0 Å². The van der Waals surface area contributed by atoms with E-state index < -0.39 is 10.0 Å². The molecule has 34 heavy (non-hydrogen) atoms. The van der Waals surface area contributed by atoms with E-state index in [-0.39, 0.29) is 16.7 Å². The van der Waals surface area contributed by atoms with Gasteiger partial charge in [-0.3, -0.25) is 14.5 Å². The number of sulfonamides is 1. The summed E-state index contributed by atoms with van der Waals surface area (Å²) in [5.74, 6) is -0.440. The van der Waals surface area contributed by atoms with E-state index in [0.717, 1.165) is 34.3 Å². The maximum atomic E-state index is 13.4. The fourth-order valence-electron chi connectivity index (χ4n) is 4.01. The van der Waals surface area contributed by atoms with Crippen molar-refractivity contribution in [1.29, 1.82) is 0 Å². The van der Waals surface area contributed by atoms with Gasteiger partial charge in [-0.05, 0) is 63.9 Å². The van der Waals surface area contributed by atoms with Crippen LogP contribution in [-0.4, -0.2) is 74.1 Å². The number of anilines is 1. The molecule has 2 aromatic rings. The number of carbonyl (C=O) groups excluding carboxylic acids is 2. The lowest BCUT2D eigenvalue weighted by atomic mass is 10.0. The fraction of sp³-hybridized carbons (Fsp3) is 0.500. The molecule has 0 saturated carbocycles. The van der Waals surface area contributed by atoms with Gasteiger partial charge in [-0.25, -0.2) is 12.7 Å². The lowest BCUT2D eigenvalue weighted by Gasteiger charge is -2.30. The second-order valence-electron chi connectivity index (χ2n) is 8.77. The summed E-state index contributed by atoms with van der Waals surface area (Å²) in [6, 6.07) is 6.22. The third-order valence-corrected chi connectivity index (χ3v) is 9.16. The zero-order valence-corrected chi connectivity index (χ0v) is 22.3. The van der Waals surface area contributed by atoms with Gasteiger partial charge in [0.1, 0.15) is 5.00 Å². The second-order valence-corrected chi connectivity index (χ2v) is 12.0. The molecule has 186 valence electrons. The molecule has 0 bridgehead atoms. The van der Waals surface area contributed by atoms with E-state index in [4.69, 9.17) is 0 Å². The van der Waals surface area contributed by atoms with Gasteiger partial charge in [0, 0.05) is 56.8 Å². The van der Waals surface area contributed by atoms with Crippen LogP contribution in [0.2, 0.25) is 0 Å². The minimum Gasteiger partial charge on any atom is -0.339 e. The first-order valence-corrected chi connectivity index (χ1v) is 13.8. The highest BCUT2D eigenvalue weighted by Gasteiger charge is 2.31. The average molecular weight is 507 g/mol. The Kier molecular flexibility index (Phi) is 8.18. The molecule has 0 atom stereocenters. The number of nitrogens with zero attached hydrogens (tertiary/aromatic N) is 3. The summed E-state index contributed by atoms with van der Waals surface area (Å²) in [7, 11) is -0.654. The smallest absolute Gasteiger partial charge is 0.257 e. The van der Waals surface area contributed by atoms with E-state index in [9.17, 15) is 18.0 Å². The fourth-order valence-corrected chi connectivity index (χ4v) is 6.17. The number of nitrogens with one attached hydrogen (secondary N) is 1. The number of benzene rings is 1. The largest absolute Gasteiger partial charge is 0.339 e. The second kappa shape index (κ2) is 10.6. The van der Waals surface area contributed by atoms with E-state index in [0.29, 0.717) is 35.3 Å². The van der Waals surface area contributed by atoms with Crippen molar-refractivity contribution in [2.75, 3.05) is 39.0 Å². The normalized spacial score (nSPS) is 14.4. The van der Waals surface area contributed by atoms with Crippen molar-refractivity contribution >= 4 is 38.2 Å². The van der Waals surface area contributed by atoms with Crippen molar-refractivity contribution in [2.24, 2.45) is 0 Å². The van der Waals surface area contributed by atoms with Gasteiger partial charge >= 0.3 is 0 Å². The molecule has 1 aromatic carbocycles. The maximum Gasteiger partial charge on any atom is 0.257 e. The average Bonchev–Trinajstić information content (AvgIpc) is 3.16. The van der Waals surface area contributed by atoms with Crippen LogP contribution in [0.15, 0.2) is 29.2 Å². The zero-order chi connectivity index (χ0) is 25.2. The van der Waals surface area contributed by atoms with E-state index in [1.54, 1.807) is 4.90 Å². The lowest BCUT2D eigenvalue weighted by Crippen LogP contribution is -2.36. The molecule has 1 aliphatic rings. The van der Waals surface area contributed by atoms with Crippen LogP contribution < -0.4 is 5.32 Å². The summed E-state index contributed by atoms with van der Waals surface area (Å²) in [6.45, 7) is 11.0. The van der Waals surface area contributed by atoms with Gasteiger partial charge in [-0.2, -0.15) is 0 Å². The molecule has 1 N–H and O–H groups in total. The van der Waals surface area contributed by atoms with E-state index in [2.05, 4.69) is 24.1 Å². The third kappa shape index (κ3) is 5.19. The molecule has 10 heteroatoms. The topological polar surface area (TPSA) is 90.0 Å². The number of hydrogen-bond donors (Lipinski definition) is 1. The first kappa shape index (κ1) is 26.3. The van der Waals surface area contributed by atoms with Crippen LogP contribution in [0, 0.1) is 0 Å². The third-order valence-electron chi connectivity index (χ3n) is 6.20. The Labute approximate surface area is 206 Å². The SMILES string of the molecule is CCN(CC)C(=O)c1c(NC(=O)c2ccc(S(=O)(=O)N(C)C)cc2)sc2c1CCN(C(C)C)C2. The van der Waals surface area contributed by atoms with Gasteiger partial charge in [0.25, 0.3) is 11.8 Å². The summed E-state index contributed by atoms with van der Waals surface area (Å²) in [5.41, 5.74) is 1.95. The monoisotopic (exact) mass is 506 g/mol. The Bertz CT molecular complexity index is 1150. The van der Waals surface area contributed by atoms with Crippen LogP contribution in [-0.2, 0) is 23.0 Å². The van der Waals surface area contributed by atoms with Crippen LogP contribution in [0.4, 0.5) is 5.00 Å². The van der Waals surface area contributed by atoms with Gasteiger partial charge in [0.05, 0.1) is 10.5 Å². The summed E-state index contributed by atoms with van der Waals surface area (Å²) >= 11 is 1.46. The van der Waals surface area contributed by atoms with Crippen molar-refractivity contribution in [3.63, 3.8) is 0 Å². The van der Waals surface area contributed by atoms with E-state index in [1.807, 2.05) is 13.8 Å². The Morgan fingerprint density at radius 2 is 1.74 bits per heavy atom. The summed E-state index contributed by atoms with van der Waals surface area (Å²) in [4.78, 5) is 31.8. The van der Waals surface area contributed by atoms with Gasteiger partial charge < -0.3 is 10.2 Å². The highest BCUT2D eigenvalue weighted by molar-refractivity contribution is 7.89. The molecule has 8 nitrogen and oxygen atoms in total. The molecule has 0 fully saturated rings. The minimum atomic E-state index is -3.58. The summed E-state index contributed by atoms with van der Waals surface area (Å²) in [5, 5.41) is 3.50. The molecule has 0 spiro atoms. The van der Waals surface area contributed by atoms with Gasteiger partial charge in [-0.15, -0.1) is 11.3 Å². The molecule has 2 heterocycles. The first-order chi connectivity index (χ1) is 16.0. The molecular formula is C24H34N4O4S2. The molecular weight excluding hydrogens is 472 g/mol. The van der Waals surface area contributed by atoms with Crippen LogP contribution in [0.3, 0.4) is 0 Å². The number of thiophene rings is 1. The highest BCUT2D eigenvalue weighted by atomic mass is 32.2. The van der Waals surface area contributed by atoms with Crippen LogP contribution >= 0.6 is 11.3 Å². The molecule has 0 saturated heterocycles. The van der Waals surface area contributed by atoms with Crippen molar-refractivity contribution < 1.29 is 18.0 Å². The number of hydrogen-bond acceptors (Lipinski definition) is 6. The van der Waals surface area contributed by atoms with Crippen LogP contribution in [0.1, 0.15) is 58.9 Å². The van der Waals surface area contributed by atoms with E-state index in [1.165, 1.54) is 49.7 Å². The van der Waals surface area contributed by atoms with Crippen molar-refractivity contribution in [1.82, 2.24) is 14.1 Å². The molecule has 0 unspecified atom stereocenters.